The van der Waals surface area contributed by atoms with Crippen molar-refractivity contribution in [2.24, 2.45) is 0 Å². The molecule has 0 fully saturated rings. The van der Waals surface area contributed by atoms with E-state index in [1.54, 1.807) is 7.11 Å². The highest BCUT2D eigenvalue weighted by molar-refractivity contribution is 5.64. The van der Waals surface area contributed by atoms with E-state index < -0.39 is 0 Å². The van der Waals surface area contributed by atoms with E-state index in [4.69, 9.17) is 9.84 Å². The molecule has 0 spiro atoms. The predicted octanol–water partition coefficient (Wildman–Crippen LogP) is 1.70. The molecular formula is C10H12O2. The van der Waals surface area contributed by atoms with Gasteiger partial charge in [0.05, 0.1) is 13.7 Å². The van der Waals surface area contributed by atoms with Gasteiger partial charge in [0.2, 0.25) is 0 Å². The highest BCUT2D eigenvalue weighted by Gasteiger charge is 1.96. The number of rotatable bonds is 3. The standard InChI is InChI=1S/C10H12O2/c1-8(7-11)9-3-5-10(12-2)6-4-9/h3-6,11H,1,7H2,2H3. The molecule has 1 rings (SSSR count). The molecule has 12 heavy (non-hydrogen) atoms. The van der Waals surface area contributed by atoms with E-state index in [1.165, 1.54) is 0 Å². The first-order chi connectivity index (χ1) is 5.77. The summed E-state index contributed by atoms with van der Waals surface area (Å²) in [5.41, 5.74) is 1.66. The lowest BCUT2D eigenvalue weighted by Gasteiger charge is -2.03. The van der Waals surface area contributed by atoms with Crippen LogP contribution in [0.2, 0.25) is 0 Å². The van der Waals surface area contributed by atoms with E-state index in [-0.39, 0.29) is 6.61 Å². The normalized spacial score (nSPS) is 9.50. The van der Waals surface area contributed by atoms with Crippen LogP contribution in [-0.2, 0) is 0 Å². The topological polar surface area (TPSA) is 29.5 Å². The van der Waals surface area contributed by atoms with E-state index in [2.05, 4.69) is 6.58 Å². The maximum Gasteiger partial charge on any atom is 0.118 e. The van der Waals surface area contributed by atoms with Crippen LogP contribution in [-0.4, -0.2) is 18.8 Å². The average Bonchev–Trinajstić information content (AvgIpc) is 2.17. The Kier molecular flexibility index (Phi) is 2.88. The van der Waals surface area contributed by atoms with Crippen molar-refractivity contribution >= 4 is 5.57 Å². The van der Waals surface area contributed by atoms with Crippen LogP contribution in [0.15, 0.2) is 30.8 Å². The Morgan fingerprint density at radius 3 is 2.42 bits per heavy atom. The van der Waals surface area contributed by atoms with Gasteiger partial charge in [-0.25, -0.2) is 0 Å². The smallest absolute Gasteiger partial charge is 0.118 e. The van der Waals surface area contributed by atoms with Gasteiger partial charge in [-0.05, 0) is 23.3 Å². The van der Waals surface area contributed by atoms with E-state index in [9.17, 15) is 0 Å². The lowest BCUT2D eigenvalue weighted by atomic mass is 10.1. The SMILES string of the molecule is C=C(CO)c1ccc(OC)cc1. The zero-order valence-electron chi connectivity index (χ0n) is 7.08. The van der Waals surface area contributed by atoms with Crippen LogP contribution in [0.4, 0.5) is 0 Å². The Labute approximate surface area is 72.1 Å². The van der Waals surface area contributed by atoms with Gasteiger partial charge in [0, 0.05) is 0 Å². The monoisotopic (exact) mass is 164 g/mol. The molecule has 0 aliphatic heterocycles. The minimum absolute atomic E-state index is 0.00761. The Bertz CT molecular complexity index is 262. The van der Waals surface area contributed by atoms with E-state index in [0.29, 0.717) is 0 Å². The molecule has 0 radical (unpaired) electrons. The summed E-state index contributed by atoms with van der Waals surface area (Å²) >= 11 is 0. The molecule has 1 aromatic carbocycles. The minimum atomic E-state index is -0.00761. The Morgan fingerprint density at radius 1 is 1.42 bits per heavy atom. The van der Waals surface area contributed by atoms with Gasteiger partial charge < -0.3 is 9.84 Å². The second kappa shape index (κ2) is 3.93. The first-order valence-electron chi connectivity index (χ1n) is 3.71. The number of methoxy groups -OCH3 is 1. The van der Waals surface area contributed by atoms with E-state index >= 15 is 0 Å². The molecule has 0 heterocycles. The molecule has 64 valence electrons. The molecule has 2 heteroatoms. The van der Waals surface area contributed by atoms with Crippen molar-refractivity contribution in [2.75, 3.05) is 13.7 Å². The Hall–Kier alpha value is -1.28. The molecule has 1 aromatic rings. The number of hydrogen-bond donors (Lipinski definition) is 1. The average molecular weight is 164 g/mol. The summed E-state index contributed by atoms with van der Waals surface area (Å²) in [6.45, 7) is 3.70. The van der Waals surface area contributed by atoms with Gasteiger partial charge in [0.1, 0.15) is 5.75 Å². The maximum atomic E-state index is 8.78. The lowest BCUT2D eigenvalue weighted by Crippen LogP contribution is -1.88. The van der Waals surface area contributed by atoms with Crippen LogP contribution in [0, 0.1) is 0 Å². The fourth-order valence-corrected chi connectivity index (χ4v) is 0.918. The molecular weight excluding hydrogens is 152 g/mol. The van der Waals surface area contributed by atoms with Crippen LogP contribution in [0.3, 0.4) is 0 Å². The van der Waals surface area contributed by atoms with Crippen molar-refractivity contribution in [1.82, 2.24) is 0 Å². The predicted molar refractivity (Wildman–Crippen MR) is 49.1 cm³/mol. The largest absolute Gasteiger partial charge is 0.497 e. The molecule has 0 atom stereocenters. The van der Waals surface area contributed by atoms with Gasteiger partial charge in [-0.1, -0.05) is 18.7 Å². The first kappa shape index (κ1) is 8.81. The third-order valence-corrected chi connectivity index (χ3v) is 1.69. The van der Waals surface area contributed by atoms with Crippen molar-refractivity contribution in [3.05, 3.63) is 36.4 Å². The van der Waals surface area contributed by atoms with Gasteiger partial charge in [-0.2, -0.15) is 0 Å². The number of ether oxygens (including phenoxy) is 1. The van der Waals surface area contributed by atoms with Gasteiger partial charge in [-0.15, -0.1) is 0 Å². The van der Waals surface area contributed by atoms with Crippen LogP contribution >= 0.6 is 0 Å². The highest BCUT2D eigenvalue weighted by Crippen LogP contribution is 2.16. The van der Waals surface area contributed by atoms with Gasteiger partial charge in [0.25, 0.3) is 0 Å². The molecule has 0 aliphatic carbocycles. The fraction of sp³-hybridized carbons (Fsp3) is 0.200. The van der Waals surface area contributed by atoms with Crippen LogP contribution in [0.25, 0.3) is 5.57 Å². The molecule has 0 unspecified atom stereocenters. The second-order valence-electron chi connectivity index (χ2n) is 2.49. The van der Waals surface area contributed by atoms with Crippen molar-refractivity contribution in [2.45, 2.75) is 0 Å². The van der Waals surface area contributed by atoms with E-state index in [1.807, 2.05) is 24.3 Å². The summed E-state index contributed by atoms with van der Waals surface area (Å²) in [5, 5.41) is 8.78. The summed E-state index contributed by atoms with van der Waals surface area (Å²) in [7, 11) is 1.62. The maximum absolute atomic E-state index is 8.78. The van der Waals surface area contributed by atoms with E-state index in [0.717, 1.165) is 16.9 Å². The summed E-state index contributed by atoms with van der Waals surface area (Å²) in [5.74, 6) is 0.810. The molecule has 0 bridgehead atoms. The Morgan fingerprint density at radius 2 is 2.00 bits per heavy atom. The molecule has 1 N–H and O–H groups in total. The fourth-order valence-electron chi connectivity index (χ4n) is 0.918. The van der Waals surface area contributed by atoms with Crippen molar-refractivity contribution in [3.8, 4) is 5.75 Å². The third kappa shape index (κ3) is 1.86. The van der Waals surface area contributed by atoms with Crippen molar-refractivity contribution in [3.63, 3.8) is 0 Å². The van der Waals surface area contributed by atoms with Crippen molar-refractivity contribution < 1.29 is 9.84 Å². The second-order valence-corrected chi connectivity index (χ2v) is 2.49. The van der Waals surface area contributed by atoms with Crippen molar-refractivity contribution in [1.29, 1.82) is 0 Å². The number of aliphatic hydroxyl groups excluding tert-OH is 1. The molecule has 0 saturated heterocycles. The summed E-state index contributed by atoms with van der Waals surface area (Å²) in [6.07, 6.45) is 0. The van der Waals surface area contributed by atoms with Gasteiger partial charge in [0.15, 0.2) is 0 Å². The van der Waals surface area contributed by atoms with Crippen LogP contribution in [0.1, 0.15) is 5.56 Å². The minimum Gasteiger partial charge on any atom is -0.497 e. The zero-order chi connectivity index (χ0) is 8.97. The summed E-state index contributed by atoms with van der Waals surface area (Å²) in [4.78, 5) is 0. The van der Waals surface area contributed by atoms with Crippen LogP contribution in [0.5, 0.6) is 5.75 Å². The number of benzene rings is 1. The summed E-state index contributed by atoms with van der Waals surface area (Å²) in [6, 6.07) is 7.43. The lowest BCUT2D eigenvalue weighted by molar-refractivity contribution is 0.350. The zero-order valence-corrected chi connectivity index (χ0v) is 7.08. The molecule has 0 saturated carbocycles. The Balaban J connectivity index is 2.84. The molecule has 0 aromatic heterocycles. The number of hydrogen-bond acceptors (Lipinski definition) is 2. The van der Waals surface area contributed by atoms with Crippen LogP contribution < -0.4 is 4.74 Å². The number of aliphatic hydroxyl groups is 1. The molecule has 2 nitrogen and oxygen atoms in total. The molecule has 0 amide bonds. The first-order valence-corrected chi connectivity index (χ1v) is 3.71. The third-order valence-electron chi connectivity index (χ3n) is 1.69. The quantitative estimate of drug-likeness (QED) is 0.736. The summed E-state index contributed by atoms with van der Waals surface area (Å²) < 4.78 is 4.99. The van der Waals surface area contributed by atoms with Gasteiger partial charge in [-0.3, -0.25) is 0 Å². The molecule has 0 aliphatic rings. The highest BCUT2D eigenvalue weighted by atomic mass is 16.5. The van der Waals surface area contributed by atoms with Gasteiger partial charge >= 0.3 is 0 Å².